The number of carboxylic acid groups (broad SMARTS) is 2. The van der Waals surface area contributed by atoms with Crippen LogP contribution in [0.3, 0.4) is 0 Å². The first kappa shape index (κ1) is 21.8. The number of carboxylic acids is 2. The summed E-state index contributed by atoms with van der Waals surface area (Å²) < 4.78 is 0. The molecule has 0 bridgehead atoms. The maximum Gasteiger partial charge on any atom is 0.328 e. The summed E-state index contributed by atoms with van der Waals surface area (Å²) in [7, 11) is 0. The van der Waals surface area contributed by atoms with Gasteiger partial charge in [-0.3, -0.25) is 14.4 Å². The van der Waals surface area contributed by atoms with Crippen LogP contribution < -0.4 is 16.4 Å². The standard InChI is InChI=1S/C14H25N3O7/c1-7(2)5-8(15)12(21)16-9(3-4-11(19)20)13(22)17-10(6-18)14(23)24/h7-10,18H,3-6,15H2,1-2H3,(H,16,21)(H,17,22)(H,19,20)(H,23,24). The lowest BCUT2D eigenvalue weighted by molar-refractivity contribution is -0.144. The summed E-state index contributed by atoms with van der Waals surface area (Å²) in [5, 5.41) is 30.8. The van der Waals surface area contributed by atoms with E-state index in [1.807, 2.05) is 19.2 Å². The molecule has 0 saturated heterocycles. The minimum absolute atomic E-state index is 0.142. The first-order chi connectivity index (χ1) is 11.1. The van der Waals surface area contributed by atoms with E-state index in [-0.39, 0.29) is 12.3 Å². The van der Waals surface area contributed by atoms with Gasteiger partial charge in [0.2, 0.25) is 11.8 Å². The third-order valence-corrected chi connectivity index (χ3v) is 3.14. The topological polar surface area (TPSA) is 179 Å². The number of carbonyl (C=O) groups is 4. The van der Waals surface area contributed by atoms with Gasteiger partial charge in [0.1, 0.15) is 12.1 Å². The monoisotopic (exact) mass is 347 g/mol. The maximum absolute atomic E-state index is 12.1. The lowest BCUT2D eigenvalue weighted by Crippen LogP contribution is -2.55. The second-order valence-corrected chi connectivity index (χ2v) is 5.81. The van der Waals surface area contributed by atoms with Crippen LogP contribution in [-0.2, 0) is 19.2 Å². The van der Waals surface area contributed by atoms with Crippen molar-refractivity contribution < 1.29 is 34.5 Å². The molecule has 0 spiro atoms. The Morgan fingerprint density at radius 2 is 1.54 bits per heavy atom. The second-order valence-electron chi connectivity index (χ2n) is 5.81. The van der Waals surface area contributed by atoms with Gasteiger partial charge in [-0.1, -0.05) is 13.8 Å². The third kappa shape index (κ3) is 8.44. The van der Waals surface area contributed by atoms with E-state index in [0.29, 0.717) is 6.42 Å². The molecule has 7 N–H and O–H groups in total. The van der Waals surface area contributed by atoms with Crippen molar-refractivity contribution in [3.05, 3.63) is 0 Å². The smallest absolute Gasteiger partial charge is 0.328 e. The van der Waals surface area contributed by atoms with Crippen molar-refractivity contribution in [1.29, 1.82) is 0 Å². The molecule has 3 unspecified atom stereocenters. The van der Waals surface area contributed by atoms with E-state index in [1.54, 1.807) is 0 Å². The Balaban J connectivity index is 4.95. The maximum atomic E-state index is 12.1. The Kier molecular flexibility index (Phi) is 9.58. The van der Waals surface area contributed by atoms with Crippen LogP contribution in [0.5, 0.6) is 0 Å². The molecule has 10 heteroatoms. The first-order valence-corrected chi connectivity index (χ1v) is 7.50. The first-order valence-electron chi connectivity index (χ1n) is 7.50. The van der Waals surface area contributed by atoms with Gasteiger partial charge in [-0.25, -0.2) is 4.79 Å². The van der Waals surface area contributed by atoms with E-state index in [9.17, 15) is 19.2 Å². The van der Waals surface area contributed by atoms with Crippen molar-refractivity contribution in [2.45, 2.75) is 51.2 Å². The molecule has 2 amide bonds. The molecular weight excluding hydrogens is 322 g/mol. The van der Waals surface area contributed by atoms with Gasteiger partial charge < -0.3 is 31.7 Å². The molecule has 0 aliphatic carbocycles. The number of aliphatic carboxylic acids is 2. The fourth-order valence-corrected chi connectivity index (χ4v) is 1.89. The van der Waals surface area contributed by atoms with Gasteiger partial charge in [0.05, 0.1) is 12.6 Å². The molecule has 24 heavy (non-hydrogen) atoms. The summed E-state index contributed by atoms with van der Waals surface area (Å²) in [6.45, 7) is 2.88. The third-order valence-electron chi connectivity index (χ3n) is 3.14. The number of amides is 2. The van der Waals surface area contributed by atoms with Crippen LogP contribution >= 0.6 is 0 Å². The van der Waals surface area contributed by atoms with Crippen molar-refractivity contribution in [1.82, 2.24) is 10.6 Å². The van der Waals surface area contributed by atoms with E-state index >= 15 is 0 Å². The van der Waals surface area contributed by atoms with Crippen LogP contribution in [0, 0.1) is 5.92 Å². The zero-order chi connectivity index (χ0) is 18.9. The average molecular weight is 347 g/mol. The number of nitrogens with one attached hydrogen (secondary N) is 2. The molecule has 0 aliphatic heterocycles. The van der Waals surface area contributed by atoms with Gasteiger partial charge in [-0.05, 0) is 18.8 Å². The predicted octanol–water partition coefficient (Wildman–Crippen LogP) is -1.73. The molecule has 0 aliphatic rings. The van der Waals surface area contributed by atoms with Gasteiger partial charge in [-0.2, -0.15) is 0 Å². The van der Waals surface area contributed by atoms with E-state index in [0.717, 1.165) is 0 Å². The molecule has 0 heterocycles. The number of hydrogen-bond acceptors (Lipinski definition) is 6. The lowest BCUT2D eigenvalue weighted by Gasteiger charge is -2.22. The summed E-state index contributed by atoms with van der Waals surface area (Å²) in [5.41, 5.74) is 5.70. The number of aliphatic hydroxyl groups excluding tert-OH is 1. The van der Waals surface area contributed by atoms with Crippen molar-refractivity contribution in [3.8, 4) is 0 Å². The van der Waals surface area contributed by atoms with Crippen LogP contribution in [0.15, 0.2) is 0 Å². The molecule has 0 saturated carbocycles. The quantitative estimate of drug-likeness (QED) is 0.255. The van der Waals surface area contributed by atoms with Crippen LogP contribution in [0.1, 0.15) is 33.1 Å². The van der Waals surface area contributed by atoms with Crippen molar-refractivity contribution in [2.24, 2.45) is 11.7 Å². The Labute approximate surface area is 139 Å². The molecule has 0 fully saturated rings. The Hall–Kier alpha value is -2.20. The zero-order valence-corrected chi connectivity index (χ0v) is 13.7. The van der Waals surface area contributed by atoms with E-state index in [2.05, 4.69) is 5.32 Å². The molecule has 3 atom stereocenters. The molecule has 10 nitrogen and oxygen atoms in total. The molecule has 138 valence electrons. The number of aliphatic hydroxyl groups is 1. The van der Waals surface area contributed by atoms with Gasteiger partial charge >= 0.3 is 11.9 Å². The van der Waals surface area contributed by atoms with Gasteiger partial charge in [-0.15, -0.1) is 0 Å². The van der Waals surface area contributed by atoms with E-state index in [4.69, 9.17) is 21.1 Å². The van der Waals surface area contributed by atoms with E-state index < -0.39 is 54.9 Å². The molecule has 0 radical (unpaired) electrons. The Morgan fingerprint density at radius 1 is 1.00 bits per heavy atom. The van der Waals surface area contributed by atoms with Crippen LogP contribution in [0.4, 0.5) is 0 Å². The minimum Gasteiger partial charge on any atom is -0.481 e. The highest BCUT2D eigenvalue weighted by atomic mass is 16.4. The van der Waals surface area contributed by atoms with Crippen LogP contribution in [-0.4, -0.2) is 63.8 Å². The van der Waals surface area contributed by atoms with Gasteiger partial charge in [0.15, 0.2) is 0 Å². The predicted molar refractivity (Wildman–Crippen MR) is 82.9 cm³/mol. The number of hydrogen-bond donors (Lipinski definition) is 6. The fourth-order valence-electron chi connectivity index (χ4n) is 1.89. The van der Waals surface area contributed by atoms with Crippen molar-refractivity contribution in [3.63, 3.8) is 0 Å². The molecular formula is C14H25N3O7. The van der Waals surface area contributed by atoms with Crippen LogP contribution in [0.25, 0.3) is 0 Å². The molecule has 0 aromatic carbocycles. The fraction of sp³-hybridized carbons (Fsp3) is 0.714. The highest BCUT2D eigenvalue weighted by molar-refractivity contribution is 5.92. The number of rotatable bonds is 11. The zero-order valence-electron chi connectivity index (χ0n) is 13.7. The summed E-state index contributed by atoms with van der Waals surface area (Å²) in [5.74, 6) is -4.02. The highest BCUT2D eigenvalue weighted by Crippen LogP contribution is 2.05. The summed E-state index contributed by atoms with van der Waals surface area (Å²) in [6, 6.07) is -3.69. The van der Waals surface area contributed by atoms with E-state index in [1.165, 1.54) is 0 Å². The second kappa shape index (κ2) is 10.6. The molecule has 0 aromatic rings. The Morgan fingerprint density at radius 3 is 1.96 bits per heavy atom. The largest absolute Gasteiger partial charge is 0.481 e. The minimum atomic E-state index is -1.55. The average Bonchev–Trinajstić information content (AvgIpc) is 2.46. The summed E-state index contributed by atoms with van der Waals surface area (Å²) in [4.78, 5) is 45.6. The highest BCUT2D eigenvalue weighted by Gasteiger charge is 2.28. The number of nitrogens with two attached hydrogens (primary N) is 1. The molecule has 0 rings (SSSR count). The van der Waals surface area contributed by atoms with Crippen molar-refractivity contribution in [2.75, 3.05) is 6.61 Å². The lowest BCUT2D eigenvalue weighted by atomic mass is 10.0. The van der Waals surface area contributed by atoms with Gasteiger partial charge in [0.25, 0.3) is 0 Å². The summed E-state index contributed by atoms with van der Waals surface area (Å²) >= 11 is 0. The molecule has 0 aromatic heterocycles. The van der Waals surface area contributed by atoms with Crippen LogP contribution in [0.2, 0.25) is 0 Å². The Bertz CT molecular complexity index is 467. The summed E-state index contributed by atoms with van der Waals surface area (Å²) in [6.07, 6.45) is -0.277. The number of carbonyl (C=O) groups excluding carboxylic acids is 2. The normalized spacial score (nSPS) is 14.5. The van der Waals surface area contributed by atoms with Gasteiger partial charge in [0, 0.05) is 6.42 Å². The SMILES string of the molecule is CC(C)CC(N)C(=O)NC(CCC(=O)O)C(=O)NC(CO)C(=O)O. The van der Waals surface area contributed by atoms with Crippen molar-refractivity contribution >= 4 is 23.8 Å².